The summed E-state index contributed by atoms with van der Waals surface area (Å²) in [7, 11) is 0. The molecular weight excluding hydrogens is 210 g/mol. The lowest BCUT2D eigenvalue weighted by molar-refractivity contribution is -0.137. The Morgan fingerprint density at radius 2 is 2.31 bits per heavy atom. The molecule has 16 heavy (non-hydrogen) atoms. The Balaban J connectivity index is 2.22. The van der Waals surface area contributed by atoms with Gasteiger partial charge in [-0.1, -0.05) is 6.92 Å². The highest BCUT2D eigenvalue weighted by atomic mass is 16.4. The Morgan fingerprint density at radius 1 is 1.62 bits per heavy atom. The van der Waals surface area contributed by atoms with Gasteiger partial charge in [0.25, 0.3) is 0 Å². The van der Waals surface area contributed by atoms with Gasteiger partial charge in [-0.05, 0) is 12.3 Å². The van der Waals surface area contributed by atoms with Crippen molar-refractivity contribution in [1.29, 1.82) is 0 Å². The lowest BCUT2D eigenvalue weighted by Gasteiger charge is -2.18. The molecule has 0 radical (unpaired) electrons. The number of carboxylic acids is 1. The summed E-state index contributed by atoms with van der Waals surface area (Å²) in [6, 6.07) is -0.0765. The van der Waals surface area contributed by atoms with Crippen molar-refractivity contribution in [3.63, 3.8) is 0 Å². The molecule has 1 heterocycles. The molecule has 0 bridgehead atoms. The summed E-state index contributed by atoms with van der Waals surface area (Å²) in [5, 5.41) is 11.3. The highest BCUT2D eigenvalue weighted by molar-refractivity contribution is 5.74. The van der Waals surface area contributed by atoms with E-state index >= 15 is 0 Å². The molecular formula is C10H19N3O3. The third-order valence-electron chi connectivity index (χ3n) is 2.64. The predicted octanol–water partition coefficient (Wildman–Crippen LogP) is -0.160. The number of nitrogens with two attached hydrogens (primary N) is 1. The fraction of sp³-hybridized carbons (Fsp3) is 0.800. The molecule has 1 aliphatic heterocycles. The van der Waals surface area contributed by atoms with Gasteiger partial charge in [0.1, 0.15) is 0 Å². The number of nitrogens with one attached hydrogen (secondary N) is 1. The fourth-order valence-corrected chi connectivity index (χ4v) is 1.72. The summed E-state index contributed by atoms with van der Waals surface area (Å²) in [5.74, 6) is -0.900. The molecule has 0 saturated carbocycles. The van der Waals surface area contributed by atoms with Crippen LogP contribution < -0.4 is 11.1 Å². The van der Waals surface area contributed by atoms with Crippen LogP contribution in [0.5, 0.6) is 0 Å². The fourth-order valence-electron chi connectivity index (χ4n) is 1.72. The number of hydrogen-bond acceptors (Lipinski definition) is 3. The van der Waals surface area contributed by atoms with Gasteiger partial charge in [-0.25, -0.2) is 4.79 Å². The molecule has 6 nitrogen and oxygen atoms in total. The summed E-state index contributed by atoms with van der Waals surface area (Å²) in [6.07, 6.45) is 0.901. The standard InChI is InChI=1S/C10H19N3O3/c1-7(4-9(14)15)5-12-10(16)13-3-2-8(11)6-13/h7-8H,2-6,11H2,1H3,(H,12,16)(H,14,15). The number of carbonyl (C=O) groups is 2. The average Bonchev–Trinajstić information content (AvgIpc) is 2.60. The van der Waals surface area contributed by atoms with E-state index in [2.05, 4.69) is 5.32 Å². The van der Waals surface area contributed by atoms with Crippen LogP contribution in [0.15, 0.2) is 0 Å². The molecule has 6 heteroatoms. The summed E-state index contributed by atoms with van der Waals surface area (Å²) in [4.78, 5) is 23.7. The second-order valence-electron chi connectivity index (χ2n) is 4.38. The summed E-state index contributed by atoms with van der Waals surface area (Å²) < 4.78 is 0. The summed E-state index contributed by atoms with van der Waals surface area (Å²) in [5.41, 5.74) is 5.69. The van der Waals surface area contributed by atoms with E-state index in [0.29, 0.717) is 19.6 Å². The van der Waals surface area contributed by atoms with Gasteiger partial charge in [-0.2, -0.15) is 0 Å². The van der Waals surface area contributed by atoms with Gasteiger partial charge in [-0.3, -0.25) is 4.79 Å². The van der Waals surface area contributed by atoms with E-state index in [0.717, 1.165) is 6.42 Å². The summed E-state index contributed by atoms with van der Waals surface area (Å²) >= 11 is 0. The topological polar surface area (TPSA) is 95.7 Å². The van der Waals surface area contributed by atoms with E-state index < -0.39 is 5.97 Å². The number of urea groups is 1. The minimum absolute atomic E-state index is 0.0577. The Morgan fingerprint density at radius 3 is 2.81 bits per heavy atom. The van der Waals surface area contributed by atoms with E-state index in [1.54, 1.807) is 11.8 Å². The molecule has 0 aliphatic carbocycles. The van der Waals surface area contributed by atoms with Crippen LogP contribution >= 0.6 is 0 Å². The zero-order chi connectivity index (χ0) is 12.1. The zero-order valence-electron chi connectivity index (χ0n) is 9.48. The maximum atomic E-state index is 11.6. The number of aliphatic carboxylic acids is 1. The van der Waals surface area contributed by atoms with Crippen molar-refractivity contribution < 1.29 is 14.7 Å². The molecule has 0 aromatic rings. The third-order valence-corrected chi connectivity index (χ3v) is 2.64. The lowest BCUT2D eigenvalue weighted by Crippen LogP contribution is -2.41. The number of likely N-dealkylation sites (tertiary alicyclic amines) is 1. The Labute approximate surface area is 94.8 Å². The highest BCUT2D eigenvalue weighted by Gasteiger charge is 2.23. The third kappa shape index (κ3) is 4.06. The first-order chi connectivity index (χ1) is 7.49. The van der Waals surface area contributed by atoms with Gasteiger partial charge in [0.2, 0.25) is 0 Å². The van der Waals surface area contributed by atoms with Crippen molar-refractivity contribution in [2.45, 2.75) is 25.8 Å². The van der Waals surface area contributed by atoms with Gasteiger partial charge >= 0.3 is 12.0 Å². The Hall–Kier alpha value is -1.30. The minimum atomic E-state index is -0.843. The number of hydrogen-bond donors (Lipinski definition) is 3. The SMILES string of the molecule is CC(CNC(=O)N1CCC(N)C1)CC(=O)O. The predicted molar refractivity (Wildman–Crippen MR) is 59.0 cm³/mol. The number of amides is 2. The van der Waals surface area contributed by atoms with Crippen LogP contribution in [0.25, 0.3) is 0 Å². The molecule has 1 saturated heterocycles. The molecule has 0 aromatic heterocycles. The molecule has 0 aromatic carbocycles. The molecule has 2 amide bonds. The Bertz CT molecular complexity index is 270. The number of carbonyl (C=O) groups excluding carboxylic acids is 1. The molecule has 1 fully saturated rings. The van der Waals surface area contributed by atoms with Crippen molar-refractivity contribution >= 4 is 12.0 Å². The normalized spacial score (nSPS) is 21.9. The van der Waals surface area contributed by atoms with E-state index in [1.165, 1.54) is 0 Å². The van der Waals surface area contributed by atoms with Crippen LogP contribution in [0.3, 0.4) is 0 Å². The molecule has 2 atom stereocenters. The van der Waals surface area contributed by atoms with E-state index in [9.17, 15) is 9.59 Å². The smallest absolute Gasteiger partial charge is 0.317 e. The van der Waals surface area contributed by atoms with E-state index in [4.69, 9.17) is 10.8 Å². The molecule has 1 aliphatic rings. The van der Waals surface area contributed by atoms with E-state index in [-0.39, 0.29) is 24.4 Å². The van der Waals surface area contributed by atoms with Gasteiger partial charge in [-0.15, -0.1) is 0 Å². The Kier molecular flexibility index (Phi) is 4.54. The van der Waals surface area contributed by atoms with Crippen molar-refractivity contribution in [3.8, 4) is 0 Å². The van der Waals surface area contributed by atoms with E-state index in [1.807, 2.05) is 0 Å². The monoisotopic (exact) mass is 229 g/mol. The highest BCUT2D eigenvalue weighted by Crippen LogP contribution is 2.07. The van der Waals surface area contributed by atoms with Crippen LogP contribution in [0.2, 0.25) is 0 Å². The van der Waals surface area contributed by atoms with Crippen molar-refractivity contribution in [2.75, 3.05) is 19.6 Å². The molecule has 1 rings (SSSR count). The second kappa shape index (κ2) is 5.69. The number of rotatable bonds is 4. The quantitative estimate of drug-likeness (QED) is 0.624. The van der Waals surface area contributed by atoms with Crippen molar-refractivity contribution in [2.24, 2.45) is 11.7 Å². The summed E-state index contributed by atoms with van der Waals surface area (Å²) in [6.45, 7) is 3.44. The number of nitrogens with zero attached hydrogens (tertiary/aromatic N) is 1. The maximum absolute atomic E-state index is 11.6. The van der Waals surface area contributed by atoms with Crippen molar-refractivity contribution in [3.05, 3.63) is 0 Å². The molecule has 0 spiro atoms. The van der Waals surface area contributed by atoms with Gasteiger partial charge < -0.3 is 21.1 Å². The first kappa shape index (κ1) is 12.8. The first-order valence-corrected chi connectivity index (χ1v) is 5.49. The maximum Gasteiger partial charge on any atom is 0.317 e. The van der Waals surface area contributed by atoms with Gasteiger partial charge in [0.05, 0.1) is 0 Å². The first-order valence-electron chi connectivity index (χ1n) is 5.49. The van der Waals surface area contributed by atoms with Crippen LogP contribution in [-0.4, -0.2) is 47.7 Å². The minimum Gasteiger partial charge on any atom is -0.481 e. The lowest BCUT2D eigenvalue weighted by atomic mass is 10.1. The molecule has 4 N–H and O–H groups in total. The second-order valence-corrected chi connectivity index (χ2v) is 4.38. The average molecular weight is 229 g/mol. The number of carboxylic acid groups (broad SMARTS) is 1. The van der Waals surface area contributed by atoms with Crippen LogP contribution in [0.1, 0.15) is 19.8 Å². The zero-order valence-corrected chi connectivity index (χ0v) is 9.48. The van der Waals surface area contributed by atoms with Crippen LogP contribution in [0.4, 0.5) is 4.79 Å². The molecule has 92 valence electrons. The van der Waals surface area contributed by atoms with Crippen LogP contribution in [0, 0.1) is 5.92 Å². The van der Waals surface area contributed by atoms with Gasteiger partial charge in [0, 0.05) is 32.1 Å². The van der Waals surface area contributed by atoms with Crippen molar-refractivity contribution in [1.82, 2.24) is 10.2 Å². The largest absolute Gasteiger partial charge is 0.481 e. The molecule has 2 unspecified atom stereocenters. The van der Waals surface area contributed by atoms with Crippen LogP contribution in [-0.2, 0) is 4.79 Å². The van der Waals surface area contributed by atoms with Gasteiger partial charge in [0.15, 0.2) is 0 Å².